The highest BCUT2D eigenvalue weighted by molar-refractivity contribution is 7.87. The molecule has 1 aliphatic rings. The molecule has 0 saturated heterocycles. The summed E-state index contributed by atoms with van der Waals surface area (Å²) in [6.07, 6.45) is -2.02. The molecule has 0 aromatic carbocycles. The van der Waals surface area contributed by atoms with Crippen molar-refractivity contribution in [2.45, 2.75) is 31.5 Å². The Hall–Kier alpha value is -0.380. The third-order valence-electron chi connectivity index (χ3n) is 2.72. The smallest absolute Gasteiger partial charge is 0.327 e. The van der Waals surface area contributed by atoms with Crippen molar-refractivity contribution in [2.75, 3.05) is 13.1 Å². The highest BCUT2D eigenvalue weighted by Gasteiger charge is 2.30. The highest BCUT2D eigenvalue weighted by Crippen LogP contribution is 2.23. The molecular formula is C8H16F3N3O2S. The van der Waals surface area contributed by atoms with E-state index in [4.69, 9.17) is 5.73 Å². The molecule has 2 atom stereocenters. The molecule has 0 aromatic heterocycles. The SMILES string of the molecule is NC1CCCC1CNS(=O)(=O)NCC(F)(F)F. The number of rotatable bonds is 5. The average Bonchev–Trinajstić information content (AvgIpc) is 2.58. The molecule has 0 aliphatic heterocycles. The molecule has 4 N–H and O–H groups in total. The van der Waals surface area contributed by atoms with Crippen molar-refractivity contribution in [3.05, 3.63) is 0 Å². The number of hydrogen-bond acceptors (Lipinski definition) is 3. The van der Waals surface area contributed by atoms with Gasteiger partial charge in [0.2, 0.25) is 0 Å². The largest absolute Gasteiger partial charge is 0.402 e. The summed E-state index contributed by atoms with van der Waals surface area (Å²) in [4.78, 5) is 0. The lowest BCUT2D eigenvalue weighted by Crippen LogP contribution is -2.44. The first-order chi connectivity index (χ1) is 7.70. The Morgan fingerprint density at radius 2 is 1.88 bits per heavy atom. The molecule has 1 saturated carbocycles. The van der Waals surface area contributed by atoms with Crippen LogP contribution in [0.5, 0.6) is 0 Å². The first-order valence-corrected chi connectivity index (χ1v) is 6.74. The lowest BCUT2D eigenvalue weighted by Gasteiger charge is -2.16. The normalized spacial score (nSPS) is 26.4. The number of nitrogens with one attached hydrogen (secondary N) is 2. The summed E-state index contributed by atoms with van der Waals surface area (Å²) in [5.41, 5.74) is 5.72. The van der Waals surface area contributed by atoms with Gasteiger partial charge >= 0.3 is 6.18 Å². The molecule has 0 aromatic rings. The first-order valence-electron chi connectivity index (χ1n) is 5.26. The third-order valence-corrected chi connectivity index (χ3v) is 3.79. The van der Waals surface area contributed by atoms with Crippen LogP contribution in [0.25, 0.3) is 0 Å². The molecule has 17 heavy (non-hydrogen) atoms. The lowest BCUT2D eigenvalue weighted by atomic mass is 10.1. The number of alkyl halides is 3. The van der Waals surface area contributed by atoms with Gasteiger partial charge in [0, 0.05) is 12.6 Å². The van der Waals surface area contributed by atoms with Gasteiger partial charge in [0.25, 0.3) is 10.2 Å². The van der Waals surface area contributed by atoms with Crippen LogP contribution < -0.4 is 15.2 Å². The van der Waals surface area contributed by atoms with E-state index in [2.05, 4.69) is 4.72 Å². The van der Waals surface area contributed by atoms with Crippen LogP contribution in [-0.2, 0) is 10.2 Å². The molecular weight excluding hydrogens is 259 g/mol. The van der Waals surface area contributed by atoms with Crippen molar-refractivity contribution in [2.24, 2.45) is 11.7 Å². The molecule has 1 rings (SSSR count). The van der Waals surface area contributed by atoms with Crippen LogP contribution in [0, 0.1) is 5.92 Å². The van der Waals surface area contributed by atoms with Crippen molar-refractivity contribution in [3.63, 3.8) is 0 Å². The fraction of sp³-hybridized carbons (Fsp3) is 1.00. The predicted molar refractivity (Wildman–Crippen MR) is 56.3 cm³/mol. The van der Waals surface area contributed by atoms with Crippen molar-refractivity contribution >= 4 is 10.2 Å². The monoisotopic (exact) mass is 275 g/mol. The van der Waals surface area contributed by atoms with Crippen molar-refractivity contribution in [1.29, 1.82) is 0 Å². The van der Waals surface area contributed by atoms with Crippen LogP contribution >= 0.6 is 0 Å². The third kappa shape index (κ3) is 5.66. The second-order valence-corrected chi connectivity index (χ2v) is 5.73. The van der Waals surface area contributed by atoms with E-state index in [1.165, 1.54) is 4.72 Å². The molecule has 9 heteroatoms. The predicted octanol–water partition coefficient (Wildman–Crippen LogP) is 0.100. The van der Waals surface area contributed by atoms with E-state index in [1.54, 1.807) is 0 Å². The molecule has 0 spiro atoms. The number of halogens is 3. The summed E-state index contributed by atoms with van der Waals surface area (Å²) in [6, 6.07) is -0.0830. The van der Waals surface area contributed by atoms with Gasteiger partial charge in [-0.25, -0.2) is 4.72 Å². The molecule has 0 radical (unpaired) electrons. The molecule has 5 nitrogen and oxygen atoms in total. The molecule has 0 heterocycles. The van der Waals surface area contributed by atoms with E-state index in [9.17, 15) is 21.6 Å². The van der Waals surface area contributed by atoms with Gasteiger partial charge < -0.3 is 5.73 Å². The van der Waals surface area contributed by atoms with Gasteiger partial charge in [0.05, 0.1) is 0 Å². The van der Waals surface area contributed by atoms with Gasteiger partial charge in [-0.3, -0.25) is 0 Å². The maximum atomic E-state index is 11.8. The minimum Gasteiger partial charge on any atom is -0.327 e. The Balaban J connectivity index is 2.34. The van der Waals surface area contributed by atoms with Crippen LogP contribution in [0.15, 0.2) is 0 Å². The van der Waals surface area contributed by atoms with Gasteiger partial charge in [0.1, 0.15) is 6.54 Å². The van der Waals surface area contributed by atoms with Gasteiger partial charge in [-0.2, -0.15) is 26.3 Å². The molecule has 0 bridgehead atoms. The zero-order chi connectivity index (χ0) is 13.1. The van der Waals surface area contributed by atoms with E-state index in [-0.39, 0.29) is 18.5 Å². The van der Waals surface area contributed by atoms with Gasteiger partial charge in [-0.05, 0) is 18.8 Å². The maximum absolute atomic E-state index is 11.8. The van der Waals surface area contributed by atoms with E-state index < -0.39 is 22.9 Å². The molecule has 2 unspecified atom stereocenters. The van der Waals surface area contributed by atoms with Crippen LogP contribution in [-0.4, -0.2) is 33.7 Å². The number of hydrogen-bond donors (Lipinski definition) is 3. The van der Waals surface area contributed by atoms with Crippen LogP contribution in [0.4, 0.5) is 13.2 Å². The molecule has 102 valence electrons. The Bertz CT molecular complexity index is 344. The van der Waals surface area contributed by atoms with Crippen molar-refractivity contribution in [3.8, 4) is 0 Å². The Morgan fingerprint density at radius 3 is 2.35 bits per heavy atom. The topological polar surface area (TPSA) is 84.2 Å². The maximum Gasteiger partial charge on any atom is 0.402 e. The molecule has 1 aliphatic carbocycles. The van der Waals surface area contributed by atoms with Crippen molar-refractivity contribution in [1.82, 2.24) is 9.44 Å². The van der Waals surface area contributed by atoms with Gasteiger partial charge in [-0.15, -0.1) is 0 Å². The number of nitrogens with two attached hydrogens (primary N) is 1. The van der Waals surface area contributed by atoms with E-state index in [0.29, 0.717) is 0 Å². The minimum absolute atomic E-state index is 0.00235. The van der Waals surface area contributed by atoms with E-state index in [1.807, 2.05) is 0 Å². The molecule has 1 fully saturated rings. The summed E-state index contributed by atoms with van der Waals surface area (Å²) < 4.78 is 61.3. The summed E-state index contributed by atoms with van der Waals surface area (Å²) in [6.45, 7) is -1.49. The summed E-state index contributed by atoms with van der Waals surface area (Å²) in [5.74, 6) is -0.00235. The van der Waals surface area contributed by atoms with Crippen LogP contribution in [0.3, 0.4) is 0 Å². The fourth-order valence-corrected chi connectivity index (χ4v) is 2.65. The average molecular weight is 275 g/mol. The quantitative estimate of drug-likeness (QED) is 0.665. The second kappa shape index (κ2) is 5.51. The van der Waals surface area contributed by atoms with Crippen LogP contribution in [0.1, 0.15) is 19.3 Å². The summed E-state index contributed by atoms with van der Waals surface area (Å²) >= 11 is 0. The van der Waals surface area contributed by atoms with Gasteiger partial charge in [-0.1, -0.05) is 6.42 Å². The van der Waals surface area contributed by atoms with Crippen LogP contribution in [0.2, 0.25) is 0 Å². The van der Waals surface area contributed by atoms with Crippen molar-refractivity contribution < 1.29 is 21.6 Å². The van der Waals surface area contributed by atoms with E-state index in [0.717, 1.165) is 19.3 Å². The minimum atomic E-state index is -4.56. The molecule has 0 amide bonds. The Kier molecular flexibility index (Phi) is 4.76. The zero-order valence-electron chi connectivity index (χ0n) is 9.13. The summed E-state index contributed by atoms with van der Waals surface area (Å²) in [7, 11) is -4.10. The highest BCUT2D eigenvalue weighted by atomic mass is 32.2. The van der Waals surface area contributed by atoms with Gasteiger partial charge in [0.15, 0.2) is 0 Å². The zero-order valence-corrected chi connectivity index (χ0v) is 9.94. The summed E-state index contributed by atoms with van der Waals surface area (Å²) in [5, 5.41) is 0. The van der Waals surface area contributed by atoms with E-state index >= 15 is 0 Å². The second-order valence-electron chi connectivity index (χ2n) is 4.14. The lowest BCUT2D eigenvalue weighted by molar-refractivity contribution is -0.121. The Labute approximate surface area is 98.1 Å². The Morgan fingerprint density at radius 1 is 1.24 bits per heavy atom. The standard InChI is InChI=1S/C8H16F3N3O2S/c9-8(10,11)5-14-17(15,16)13-4-6-2-1-3-7(6)12/h6-7,13-14H,1-5,12H2. The first kappa shape index (κ1) is 14.7. The fourth-order valence-electron chi connectivity index (χ4n) is 1.76.